The van der Waals surface area contributed by atoms with Gasteiger partial charge in [-0.05, 0) is 30.2 Å². The molecule has 0 unspecified atom stereocenters. The Labute approximate surface area is 157 Å². The van der Waals surface area contributed by atoms with E-state index in [2.05, 4.69) is 37.7 Å². The maximum absolute atomic E-state index is 5.19. The zero-order valence-electron chi connectivity index (χ0n) is 15.3. The zero-order chi connectivity index (χ0) is 18.6. The van der Waals surface area contributed by atoms with Gasteiger partial charge >= 0.3 is 0 Å². The number of aromatic nitrogens is 5. The Morgan fingerprint density at radius 3 is 2.48 bits per heavy atom. The van der Waals surface area contributed by atoms with Gasteiger partial charge in [0.25, 0.3) is 0 Å². The maximum Gasteiger partial charge on any atom is 0.184 e. The van der Waals surface area contributed by atoms with Gasteiger partial charge in [-0.1, -0.05) is 47.7 Å². The molecular formula is C20H20N6O. The molecule has 2 aromatic carbocycles. The molecule has 2 aromatic heterocycles. The first-order valence-electron chi connectivity index (χ1n) is 8.71. The lowest BCUT2D eigenvalue weighted by atomic mass is 10.2. The molecule has 0 spiro atoms. The van der Waals surface area contributed by atoms with Crippen LogP contribution in [-0.2, 0) is 13.1 Å². The van der Waals surface area contributed by atoms with Gasteiger partial charge in [-0.3, -0.25) is 0 Å². The number of benzene rings is 2. The molecule has 7 nitrogen and oxygen atoms in total. The largest absolute Gasteiger partial charge is 0.497 e. The second-order valence-corrected chi connectivity index (χ2v) is 6.23. The number of nitrogens with zero attached hydrogens (tertiary/aromatic N) is 5. The number of hydrogen-bond acceptors (Lipinski definition) is 6. The molecule has 4 aromatic rings. The van der Waals surface area contributed by atoms with E-state index in [4.69, 9.17) is 4.74 Å². The number of fused-ring (bicyclic) bond motifs is 1. The minimum Gasteiger partial charge on any atom is -0.497 e. The lowest BCUT2D eigenvalue weighted by molar-refractivity contribution is 0.414. The monoisotopic (exact) mass is 360 g/mol. The highest BCUT2D eigenvalue weighted by molar-refractivity contribution is 5.82. The Morgan fingerprint density at radius 2 is 1.74 bits per heavy atom. The van der Waals surface area contributed by atoms with Gasteiger partial charge in [0.15, 0.2) is 17.0 Å². The summed E-state index contributed by atoms with van der Waals surface area (Å²) in [5.41, 5.74) is 3.67. The summed E-state index contributed by atoms with van der Waals surface area (Å²) in [4.78, 5) is 9.05. The topological polar surface area (TPSA) is 77.8 Å². The number of hydrogen-bond donors (Lipinski definition) is 1. The maximum atomic E-state index is 5.19. The van der Waals surface area contributed by atoms with Crippen molar-refractivity contribution in [1.82, 2.24) is 25.0 Å². The highest BCUT2D eigenvalue weighted by Gasteiger charge is 2.13. The van der Waals surface area contributed by atoms with Crippen LogP contribution < -0.4 is 10.1 Å². The summed E-state index contributed by atoms with van der Waals surface area (Å²) in [7, 11) is 1.66. The Bertz CT molecular complexity index is 1040. The van der Waals surface area contributed by atoms with Crippen molar-refractivity contribution in [2.75, 3.05) is 12.4 Å². The molecule has 0 radical (unpaired) electrons. The number of nitrogens with one attached hydrogen (secondary N) is 1. The van der Waals surface area contributed by atoms with Crippen molar-refractivity contribution >= 4 is 17.0 Å². The molecule has 0 aliphatic rings. The van der Waals surface area contributed by atoms with E-state index in [0.29, 0.717) is 30.2 Å². The lowest BCUT2D eigenvalue weighted by Crippen LogP contribution is -2.06. The Kier molecular flexibility index (Phi) is 4.65. The Balaban J connectivity index is 1.59. The van der Waals surface area contributed by atoms with E-state index in [-0.39, 0.29) is 0 Å². The molecule has 0 atom stereocenters. The molecule has 0 aliphatic heterocycles. The number of methoxy groups -OCH3 is 1. The molecule has 0 saturated carbocycles. The highest BCUT2D eigenvalue weighted by Crippen LogP contribution is 2.20. The SMILES string of the molecule is COc1ccc(CNc2nc(C)nc3c2nnn3Cc2ccccc2)cc1. The summed E-state index contributed by atoms with van der Waals surface area (Å²) in [6, 6.07) is 18.0. The summed E-state index contributed by atoms with van der Waals surface area (Å²) in [5, 5.41) is 11.9. The van der Waals surface area contributed by atoms with Crippen molar-refractivity contribution in [3.05, 3.63) is 71.5 Å². The van der Waals surface area contributed by atoms with Gasteiger partial charge in [0, 0.05) is 6.54 Å². The molecule has 0 saturated heterocycles. The van der Waals surface area contributed by atoms with Crippen molar-refractivity contribution < 1.29 is 4.74 Å². The fourth-order valence-corrected chi connectivity index (χ4v) is 2.88. The molecule has 0 bridgehead atoms. The van der Waals surface area contributed by atoms with Crippen LogP contribution in [0, 0.1) is 6.92 Å². The number of ether oxygens (including phenoxy) is 1. The van der Waals surface area contributed by atoms with Gasteiger partial charge in [-0.2, -0.15) is 0 Å². The second kappa shape index (κ2) is 7.41. The minimum absolute atomic E-state index is 0.617. The summed E-state index contributed by atoms with van der Waals surface area (Å²) < 4.78 is 7.00. The van der Waals surface area contributed by atoms with E-state index >= 15 is 0 Å². The van der Waals surface area contributed by atoms with E-state index in [9.17, 15) is 0 Å². The first kappa shape index (κ1) is 17.0. The molecular weight excluding hydrogens is 340 g/mol. The van der Waals surface area contributed by atoms with Gasteiger partial charge in [0.1, 0.15) is 11.6 Å². The van der Waals surface area contributed by atoms with Crippen molar-refractivity contribution in [2.45, 2.75) is 20.0 Å². The molecule has 27 heavy (non-hydrogen) atoms. The normalized spacial score (nSPS) is 10.9. The molecule has 136 valence electrons. The third-order valence-electron chi connectivity index (χ3n) is 4.27. The van der Waals surface area contributed by atoms with Crippen LogP contribution >= 0.6 is 0 Å². The average molecular weight is 360 g/mol. The van der Waals surface area contributed by atoms with Crippen molar-refractivity contribution in [3.8, 4) is 5.75 Å². The molecule has 1 N–H and O–H groups in total. The molecule has 7 heteroatoms. The van der Waals surface area contributed by atoms with Crippen LogP contribution in [0.4, 0.5) is 5.82 Å². The number of aryl methyl sites for hydroxylation is 1. The van der Waals surface area contributed by atoms with Gasteiger partial charge in [0.05, 0.1) is 13.7 Å². The minimum atomic E-state index is 0.617. The van der Waals surface area contributed by atoms with Crippen LogP contribution in [-0.4, -0.2) is 32.1 Å². The van der Waals surface area contributed by atoms with Crippen LogP contribution in [0.25, 0.3) is 11.2 Å². The summed E-state index contributed by atoms with van der Waals surface area (Å²) in [6.45, 7) is 3.12. The first-order valence-corrected chi connectivity index (χ1v) is 8.71. The van der Waals surface area contributed by atoms with E-state index in [0.717, 1.165) is 22.5 Å². The second-order valence-electron chi connectivity index (χ2n) is 6.23. The van der Waals surface area contributed by atoms with Crippen LogP contribution in [0.1, 0.15) is 17.0 Å². The predicted octanol–water partition coefficient (Wildman–Crippen LogP) is 3.20. The summed E-state index contributed by atoms with van der Waals surface area (Å²) >= 11 is 0. The smallest absolute Gasteiger partial charge is 0.184 e. The molecule has 2 heterocycles. The average Bonchev–Trinajstić information content (AvgIpc) is 3.10. The van der Waals surface area contributed by atoms with Gasteiger partial charge < -0.3 is 10.1 Å². The lowest BCUT2D eigenvalue weighted by Gasteiger charge is -2.08. The zero-order valence-corrected chi connectivity index (χ0v) is 15.3. The van der Waals surface area contributed by atoms with Crippen LogP contribution in [0.5, 0.6) is 5.75 Å². The molecule has 0 fully saturated rings. The summed E-state index contributed by atoms with van der Waals surface area (Å²) in [5.74, 6) is 2.20. The van der Waals surface area contributed by atoms with E-state index < -0.39 is 0 Å². The highest BCUT2D eigenvalue weighted by atomic mass is 16.5. The van der Waals surface area contributed by atoms with Crippen molar-refractivity contribution in [3.63, 3.8) is 0 Å². The van der Waals surface area contributed by atoms with Gasteiger partial charge in [-0.25, -0.2) is 14.6 Å². The fraction of sp³-hybridized carbons (Fsp3) is 0.200. The summed E-state index contributed by atoms with van der Waals surface area (Å²) in [6.07, 6.45) is 0. The van der Waals surface area contributed by atoms with E-state index in [1.807, 2.05) is 49.4 Å². The number of rotatable bonds is 6. The standard InChI is InChI=1S/C20H20N6O/c1-14-22-19(21-12-15-8-10-17(27-2)11-9-15)18-20(23-14)26(25-24-18)13-16-6-4-3-5-7-16/h3-11H,12-13H2,1-2H3,(H,21,22,23). The van der Waals surface area contributed by atoms with Gasteiger partial charge in [-0.15, -0.1) is 5.10 Å². The van der Waals surface area contributed by atoms with E-state index in [1.54, 1.807) is 11.8 Å². The van der Waals surface area contributed by atoms with Crippen LogP contribution in [0.3, 0.4) is 0 Å². The van der Waals surface area contributed by atoms with Crippen molar-refractivity contribution in [2.24, 2.45) is 0 Å². The fourth-order valence-electron chi connectivity index (χ4n) is 2.88. The Hall–Kier alpha value is -3.48. The predicted molar refractivity (Wildman–Crippen MR) is 104 cm³/mol. The molecule has 0 aliphatic carbocycles. The third kappa shape index (κ3) is 3.72. The van der Waals surface area contributed by atoms with Gasteiger partial charge in [0.2, 0.25) is 0 Å². The molecule has 4 rings (SSSR count). The molecule has 0 amide bonds. The van der Waals surface area contributed by atoms with Crippen LogP contribution in [0.2, 0.25) is 0 Å². The Morgan fingerprint density at radius 1 is 0.963 bits per heavy atom. The van der Waals surface area contributed by atoms with E-state index in [1.165, 1.54) is 0 Å². The number of anilines is 1. The third-order valence-corrected chi connectivity index (χ3v) is 4.27. The van der Waals surface area contributed by atoms with Crippen molar-refractivity contribution in [1.29, 1.82) is 0 Å². The quantitative estimate of drug-likeness (QED) is 0.569. The first-order chi connectivity index (χ1) is 13.2. The van der Waals surface area contributed by atoms with Crippen LogP contribution in [0.15, 0.2) is 54.6 Å².